The Bertz CT molecular complexity index is 433. The van der Waals surface area contributed by atoms with Gasteiger partial charge in [0.15, 0.2) is 5.76 Å². The zero-order valence-electron chi connectivity index (χ0n) is 9.84. The van der Waals surface area contributed by atoms with E-state index in [4.69, 9.17) is 9.52 Å². The van der Waals surface area contributed by atoms with Crippen LogP contribution in [-0.4, -0.2) is 34.5 Å². The SMILES string of the molecule is C=CCN(C(=O)c1ccc(C(=O)O)o1)C(C)C. The van der Waals surface area contributed by atoms with Crippen LogP contribution in [0.5, 0.6) is 0 Å². The molecule has 0 aromatic carbocycles. The summed E-state index contributed by atoms with van der Waals surface area (Å²) in [6.07, 6.45) is 1.61. The monoisotopic (exact) mass is 237 g/mol. The summed E-state index contributed by atoms with van der Waals surface area (Å²) >= 11 is 0. The number of hydrogen-bond donors (Lipinski definition) is 1. The Hall–Kier alpha value is -2.04. The highest BCUT2D eigenvalue weighted by atomic mass is 16.4. The second-order valence-electron chi connectivity index (χ2n) is 3.81. The Morgan fingerprint density at radius 1 is 1.47 bits per heavy atom. The van der Waals surface area contributed by atoms with Crippen molar-refractivity contribution >= 4 is 11.9 Å². The predicted octanol–water partition coefficient (Wildman–Crippen LogP) is 2.01. The van der Waals surface area contributed by atoms with E-state index in [0.717, 1.165) is 0 Å². The lowest BCUT2D eigenvalue weighted by molar-refractivity contribution is 0.0644. The molecule has 0 aliphatic rings. The van der Waals surface area contributed by atoms with Crippen molar-refractivity contribution in [3.63, 3.8) is 0 Å². The molecule has 92 valence electrons. The minimum atomic E-state index is -1.19. The van der Waals surface area contributed by atoms with Crippen molar-refractivity contribution in [2.24, 2.45) is 0 Å². The van der Waals surface area contributed by atoms with Crippen molar-refractivity contribution in [2.45, 2.75) is 19.9 Å². The summed E-state index contributed by atoms with van der Waals surface area (Å²) in [4.78, 5) is 24.2. The number of hydrogen-bond acceptors (Lipinski definition) is 3. The zero-order valence-corrected chi connectivity index (χ0v) is 9.84. The third-order valence-electron chi connectivity index (χ3n) is 2.24. The molecule has 0 aliphatic carbocycles. The van der Waals surface area contributed by atoms with E-state index in [-0.39, 0.29) is 23.5 Å². The lowest BCUT2D eigenvalue weighted by atomic mass is 10.2. The molecule has 5 nitrogen and oxygen atoms in total. The molecular formula is C12H15NO4. The molecule has 1 amide bonds. The van der Waals surface area contributed by atoms with E-state index in [9.17, 15) is 9.59 Å². The number of carbonyl (C=O) groups excluding carboxylic acids is 1. The average Bonchev–Trinajstić information content (AvgIpc) is 2.73. The Balaban J connectivity index is 2.92. The minimum absolute atomic E-state index is 0.0149. The van der Waals surface area contributed by atoms with Gasteiger partial charge >= 0.3 is 5.97 Å². The minimum Gasteiger partial charge on any atom is -0.475 e. The molecule has 0 atom stereocenters. The normalized spacial score (nSPS) is 10.3. The van der Waals surface area contributed by atoms with Crippen LogP contribution in [0.25, 0.3) is 0 Å². The summed E-state index contributed by atoms with van der Waals surface area (Å²) in [6, 6.07) is 2.62. The molecule has 1 N–H and O–H groups in total. The molecule has 0 unspecified atom stereocenters. The summed E-state index contributed by atoms with van der Waals surface area (Å²) in [6.45, 7) is 7.69. The highest BCUT2D eigenvalue weighted by molar-refractivity contribution is 5.93. The molecule has 1 aromatic heterocycles. The number of amides is 1. The fourth-order valence-corrected chi connectivity index (χ4v) is 1.38. The van der Waals surface area contributed by atoms with E-state index in [2.05, 4.69) is 6.58 Å². The predicted molar refractivity (Wildman–Crippen MR) is 62.0 cm³/mol. The Morgan fingerprint density at radius 2 is 2.06 bits per heavy atom. The number of carboxylic acid groups (broad SMARTS) is 1. The van der Waals surface area contributed by atoms with Gasteiger partial charge in [-0.25, -0.2) is 4.79 Å². The van der Waals surface area contributed by atoms with Gasteiger partial charge in [-0.15, -0.1) is 6.58 Å². The summed E-state index contributed by atoms with van der Waals surface area (Å²) in [5.41, 5.74) is 0. The average molecular weight is 237 g/mol. The maximum absolute atomic E-state index is 12.0. The first-order valence-electron chi connectivity index (χ1n) is 5.22. The molecule has 5 heteroatoms. The van der Waals surface area contributed by atoms with Gasteiger partial charge < -0.3 is 14.4 Å². The first kappa shape index (κ1) is 13.0. The second-order valence-corrected chi connectivity index (χ2v) is 3.81. The van der Waals surface area contributed by atoms with Crippen LogP contribution in [0.4, 0.5) is 0 Å². The van der Waals surface area contributed by atoms with Gasteiger partial charge in [0.05, 0.1) is 0 Å². The van der Waals surface area contributed by atoms with Gasteiger partial charge in [-0.3, -0.25) is 4.79 Å². The standard InChI is InChI=1S/C12H15NO4/c1-4-7-13(8(2)3)11(14)9-5-6-10(17-9)12(15)16/h4-6,8H,1,7H2,2-3H3,(H,15,16). The molecule has 0 aliphatic heterocycles. The van der Waals surface area contributed by atoms with Crippen LogP contribution in [0.2, 0.25) is 0 Å². The molecule has 0 fully saturated rings. The number of aromatic carboxylic acids is 1. The summed E-state index contributed by atoms with van der Waals surface area (Å²) < 4.78 is 4.96. The van der Waals surface area contributed by atoms with E-state index < -0.39 is 5.97 Å². The smallest absolute Gasteiger partial charge is 0.371 e. The van der Waals surface area contributed by atoms with E-state index in [1.165, 1.54) is 17.0 Å². The maximum atomic E-state index is 12.0. The number of rotatable bonds is 5. The largest absolute Gasteiger partial charge is 0.475 e. The van der Waals surface area contributed by atoms with Gasteiger partial charge in [0.25, 0.3) is 5.91 Å². The van der Waals surface area contributed by atoms with Crippen molar-refractivity contribution in [2.75, 3.05) is 6.54 Å². The topological polar surface area (TPSA) is 70.8 Å². The van der Waals surface area contributed by atoms with Crippen LogP contribution in [0.15, 0.2) is 29.2 Å². The molecule has 1 aromatic rings. The van der Waals surface area contributed by atoms with E-state index in [1.807, 2.05) is 13.8 Å². The number of carbonyl (C=O) groups is 2. The zero-order chi connectivity index (χ0) is 13.0. The van der Waals surface area contributed by atoms with Crippen LogP contribution < -0.4 is 0 Å². The highest BCUT2D eigenvalue weighted by Crippen LogP contribution is 2.12. The first-order valence-corrected chi connectivity index (χ1v) is 5.22. The molecule has 0 saturated heterocycles. The van der Waals surface area contributed by atoms with Gasteiger partial charge in [-0.05, 0) is 26.0 Å². The molecule has 0 bridgehead atoms. The van der Waals surface area contributed by atoms with Crippen molar-refractivity contribution in [3.05, 3.63) is 36.3 Å². The highest BCUT2D eigenvalue weighted by Gasteiger charge is 2.21. The maximum Gasteiger partial charge on any atom is 0.371 e. The molecular weight excluding hydrogens is 222 g/mol. The molecule has 0 spiro atoms. The lowest BCUT2D eigenvalue weighted by Gasteiger charge is -2.24. The lowest BCUT2D eigenvalue weighted by Crippen LogP contribution is -2.36. The van der Waals surface area contributed by atoms with Crippen LogP contribution >= 0.6 is 0 Å². The number of furan rings is 1. The van der Waals surface area contributed by atoms with E-state index in [0.29, 0.717) is 6.54 Å². The van der Waals surface area contributed by atoms with Gasteiger partial charge in [-0.2, -0.15) is 0 Å². The van der Waals surface area contributed by atoms with Gasteiger partial charge in [0, 0.05) is 12.6 Å². The Labute approximate surface area is 99.3 Å². The van der Waals surface area contributed by atoms with Crippen molar-refractivity contribution < 1.29 is 19.1 Å². The van der Waals surface area contributed by atoms with Crippen molar-refractivity contribution in [1.29, 1.82) is 0 Å². The number of carboxylic acids is 1. The molecule has 17 heavy (non-hydrogen) atoms. The van der Waals surface area contributed by atoms with Crippen LogP contribution in [0.3, 0.4) is 0 Å². The Morgan fingerprint density at radius 3 is 2.47 bits per heavy atom. The van der Waals surface area contributed by atoms with Crippen LogP contribution in [-0.2, 0) is 0 Å². The van der Waals surface area contributed by atoms with Crippen molar-refractivity contribution in [1.82, 2.24) is 4.90 Å². The molecule has 0 saturated carbocycles. The summed E-state index contributed by atoms with van der Waals surface area (Å²) in [5.74, 6) is -1.75. The van der Waals surface area contributed by atoms with E-state index >= 15 is 0 Å². The number of nitrogens with zero attached hydrogens (tertiary/aromatic N) is 1. The third-order valence-corrected chi connectivity index (χ3v) is 2.24. The van der Waals surface area contributed by atoms with E-state index in [1.54, 1.807) is 6.08 Å². The summed E-state index contributed by atoms with van der Waals surface area (Å²) in [5, 5.41) is 8.70. The molecule has 1 rings (SSSR count). The molecule has 1 heterocycles. The van der Waals surface area contributed by atoms with Crippen LogP contribution in [0, 0.1) is 0 Å². The van der Waals surface area contributed by atoms with Crippen LogP contribution in [0.1, 0.15) is 35.0 Å². The quantitative estimate of drug-likeness (QED) is 0.795. The fraction of sp³-hybridized carbons (Fsp3) is 0.333. The second kappa shape index (κ2) is 5.34. The summed E-state index contributed by atoms with van der Waals surface area (Å²) in [7, 11) is 0. The van der Waals surface area contributed by atoms with Gasteiger partial charge in [0.2, 0.25) is 5.76 Å². The molecule has 0 radical (unpaired) electrons. The first-order chi connectivity index (χ1) is 7.97. The van der Waals surface area contributed by atoms with Gasteiger partial charge in [0.1, 0.15) is 0 Å². The Kier molecular flexibility index (Phi) is 4.09. The fourth-order valence-electron chi connectivity index (χ4n) is 1.38. The van der Waals surface area contributed by atoms with Crippen molar-refractivity contribution in [3.8, 4) is 0 Å². The third kappa shape index (κ3) is 2.96. The van der Waals surface area contributed by atoms with Gasteiger partial charge in [-0.1, -0.05) is 6.08 Å².